The molecule has 8 heteroatoms. The zero-order valence-corrected chi connectivity index (χ0v) is 12.0. The highest BCUT2D eigenvalue weighted by atomic mass is 35.5. The normalized spacial score (nSPS) is 11.7. The summed E-state index contributed by atoms with van der Waals surface area (Å²) < 4.78 is 45.2. The second-order valence-corrected chi connectivity index (χ2v) is 6.24. The fourth-order valence-corrected chi connectivity index (χ4v) is 3.21. The summed E-state index contributed by atoms with van der Waals surface area (Å²) in [6.07, 6.45) is 0. The van der Waals surface area contributed by atoms with Crippen LogP contribution in [0.3, 0.4) is 0 Å². The highest BCUT2D eigenvalue weighted by Gasteiger charge is 2.22. The molecular formula is C13H8ClFN2O3S. The summed E-state index contributed by atoms with van der Waals surface area (Å²) in [5, 5.41) is 4.22. The van der Waals surface area contributed by atoms with Gasteiger partial charge in [0.25, 0.3) is 10.0 Å². The molecule has 0 aliphatic rings. The van der Waals surface area contributed by atoms with E-state index in [0.717, 1.165) is 12.1 Å². The van der Waals surface area contributed by atoms with Crippen LogP contribution in [0, 0.1) is 5.82 Å². The number of benzene rings is 2. The smallest absolute Gasteiger partial charge is 0.266 e. The number of halogens is 2. The largest absolute Gasteiger partial charge is 0.354 e. The number of anilines is 1. The molecule has 0 spiro atoms. The molecule has 3 aromatic rings. The van der Waals surface area contributed by atoms with Crippen molar-refractivity contribution in [3.63, 3.8) is 0 Å². The Kier molecular flexibility index (Phi) is 3.30. The molecule has 1 heterocycles. The van der Waals surface area contributed by atoms with Crippen LogP contribution in [0.4, 0.5) is 10.2 Å². The number of hydrogen-bond acceptors (Lipinski definition) is 4. The molecule has 108 valence electrons. The Labute approximate surface area is 124 Å². The number of nitrogens with one attached hydrogen (secondary N) is 1. The van der Waals surface area contributed by atoms with E-state index in [4.69, 9.17) is 16.1 Å². The molecule has 3 rings (SSSR count). The van der Waals surface area contributed by atoms with E-state index in [0.29, 0.717) is 11.0 Å². The summed E-state index contributed by atoms with van der Waals surface area (Å²) in [6.45, 7) is 0. The Morgan fingerprint density at radius 1 is 1.14 bits per heavy atom. The van der Waals surface area contributed by atoms with Crippen molar-refractivity contribution in [2.24, 2.45) is 0 Å². The molecule has 0 amide bonds. The molecule has 0 saturated carbocycles. The molecule has 0 radical (unpaired) electrons. The van der Waals surface area contributed by atoms with Crippen molar-refractivity contribution in [3.8, 4) is 0 Å². The average molecular weight is 327 g/mol. The van der Waals surface area contributed by atoms with Gasteiger partial charge < -0.3 is 4.52 Å². The van der Waals surface area contributed by atoms with E-state index in [1.54, 1.807) is 18.2 Å². The van der Waals surface area contributed by atoms with E-state index in [2.05, 4.69) is 9.88 Å². The minimum absolute atomic E-state index is 0.0844. The zero-order valence-electron chi connectivity index (χ0n) is 10.4. The fourth-order valence-electron chi connectivity index (χ4n) is 1.87. The molecule has 0 unspecified atom stereocenters. The number of fused-ring (bicyclic) bond motifs is 1. The Morgan fingerprint density at radius 2 is 1.90 bits per heavy atom. The maximum atomic E-state index is 13.6. The lowest BCUT2D eigenvalue weighted by atomic mass is 10.2. The van der Waals surface area contributed by atoms with E-state index >= 15 is 0 Å². The van der Waals surface area contributed by atoms with Crippen LogP contribution in [-0.4, -0.2) is 13.6 Å². The molecule has 1 N–H and O–H groups in total. The summed E-state index contributed by atoms with van der Waals surface area (Å²) in [7, 11) is -4.13. The van der Waals surface area contributed by atoms with E-state index in [9.17, 15) is 12.8 Å². The van der Waals surface area contributed by atoms with E-state index in [1.807, 2.05) is 0 Å². The van der Waals surface area contributed by atoms with E-state index in [1.165, 1.54) is 12.1 Å². The van der Waals surface area contributed by atoms with Crippen LogP contribution in [0.1, 0.15) is 0 Å². The molecule has 5 nitrogen and oxygen atoms in total. The van der Waals surface area contributed by atoms with Crippen molar-refractivity contribution < 1.29 is 17.3 Å². The van der Waals surface area contributed by atoms with Gasteiger partial charge in [-0.25, -0.2) is 12.8 Å². The molecule has 0 atom stereocenters. The molecule has 0 saturated heterocycles. The number of nitrogens with zero attached hydrogens (tertiary/aromatic N) is 1. The van der Waals surface area contributed by atoms with Crippen LogP contribution in [0.2, 0.25) is 5.02 Å². The number of hydrogen-bond donors (Lipinski definition) is 1. The van der Waals surface area contributed by atoms with Crippen LogP contribution in [0.5, 0.6) is 0 Å². The average Bonchev–Trinajstić information content (AvgIpc) is 2.83. The summed E-state index contributed by atoms with van der Waals surface area (Å²) >= 11 is 6.00. The summed E-state index contributed by atoms with van der Waals surface area (Å²) in [4.78, 5) is -0.479. The predicted molar refractivity (Wildman–Crippen MR) is 76.2 cm³/mol. The first-order valence-electron chi connectivity index (χ1n) is 5.80. The van der Waals surface area contributed by atoms with Crippen molar-refractivity contribution in [2.45, 2.75) is 4.90 Å². The lowest BCUT2D eigenvalue weighted by Gasteiger charge is -2.06. The van der Waals surface area contributed by atoms with Gasteiger partial charge in [-0.3, -0.25) is 4.72 Å². The minimum atomic E-state index is -4.13. The highest BCUT2D eigenvalue weighted by molar-refractivity contribution is 7.92. The maximum absolute atomic E-state index is 13.6. The minimum Gasteiger partial charge on any atom is -0.354 e. The van der Waals surface area contributed by atoms with Gasteiger partial charge in [0, 0.05) is 0 Å². The number of rotatable bonds is 3. The van der Waals surface area contributed by atoms with Gasteiger partial charge in [0.15, 0.2) is 11.4 Å². The van der Waals surface area contributed by atoms with Crippen molar-refractivity contribution in [1.82, 2.24) is 5.16 Å². The third-order valence-electron chi connectivity index (χ3n) is 2.80. The van der Waals surface area contributed by atoms with Gasteiger partial charge in [0.1, 0.15) is 10.7 Å². The van der Waals surface area contributed by atoms with Crippen molar-refractivity contribution >= 4 is 38.4 Å². The first kappa shape index (κ1) is 13.8. The van der Waals surface area contributed by atoms with Crippen molar-refractivity contribution in [1.29, 1.82) is 0 Å². The maximum Gasteiger partial charge on any atom is 0.266 e. The second-order valence-electron chi connectivity index (χ2n) is 4.18. The molecule has 0 fully saturated rings. The lowest BCUT2D eigenvalue weighted by molar-refractivity contribution is 0.460. The second kappa shape index (κ2) is 5.01. The van der Waals surface area contributed by atoms with Crippen LogP contribution in [-0.2, 0) is 10.0 Å². The molecule has 21 heavy (non-hydrogen) atoms. The third kappa shape index (κ3) is 2.45. The predicted octanol–water partition coefficient (Wildman–Crippen LogP) is 3.42. The number of sulfonamides is 1. The zero-order chi connectivity index (χ0) is 15.0. The lowest BCUT2D eigenvalue weighted by Crippen LogP contribution is -2.14. The van der Waals surface area contributed by atoms with Crippen molar-refractivity contribution in [3.05, 3.63) is 53.3 Å². The molecule has 0 bridgehead atoms. The molecular weight excluding hydrogens is 319 g/mol. The molecule has 0 aliphatic heterocycles. The summed E-state index contributed by atoms with van der Waals surface area (Å²) in [5.74, 6) is -0.942. The van der Waals surface area contributed by atoms with E-state index < -0.39 is 20.7 Å². The van der Waals surface area contributed by atoms with Gasteiger partial charge in [-0.15, -0.1) is 0 Å². The standard InChI is InChI=1S/C13H8ClFN2O3S/c14-8-4-3-6-10-12(8)13(16-20-10)17-21(18,19)11-7-2-1-5-9(11)15/h1-7H,(H,16,17). The molecule has 2 aromatic carbocycles. The fraction of sp³-hybridized carbons (Fsp3) is 0. The first-order valence-corrected chi connectivity index (χ1v) is 7.66. The van der Waals surface area contributed by atoms with Gasteiger partial charge in [-0.2, -0.15) is 0 Å². The Balaban J connectivity index is 2.08. The summed E-state index contributed by atoms with van der Waals surface area (Å²) in [5.41, 5.74) is 0.328. The van der Waals surface area contributed by atoms with Crippen molar-refractivity contribution in [2.75, 3.05) is 4.72 Å². The Bertz CT molecular complexity index is 924. The van der Waals surface area contributed by atoms with E-state index in [-0.39, 0.29) is 10.8 Å². The van der Waals surface area contributed by atoms with Gasteiger partial charge in [-0.05, 0) is 24.3 Å². The van der Waals surface area contributed by atoms with Crippen LogP contribution >= 0.6 is 11.6 Å². The summed E-state index contributed by atoms with van der Waals surface area (Å²) in [6, 6.07) is 9.84. The monoisotopic (exact) mass is 326 g/mol. The SMILES string of the molecule is O=S(=O)(Nc1noc2cccc(Cl)c12)c1ccccc1F. The van der Waals surface area contributed by atoms with Gasteiger partial charge in [-0.1, -0.05) is 35.0 Å². The quantitative estimate of drug-likeness (QED) is 0.800. The number of aromatic nitrogens is 1. The Hall–Kier alpha value is -2.12. The highest BCUT2D eigenvalue weighted by Crippen LogP contribution is 2.31. The van der Waals surface area contributed by atoms with Gasteiger partial charge >= 0.3 is 0 Å². The van der Waals surface area contributed by atoms with Gasteiger partial charge in [0.2, 0.25) is 0 Å². The third-order valence-corrected chi connectivity index (χ3v) is 4.49. The Morgan fingerprint density at radius 3 is 2.67 bits per heavy atom. The first-order chi connectivity index (χ1) is 9.99. The van der Waals surface area contributed by atoms with Crippen LogP contribution in [0.25, 0.3) is 11.0 Å². The van der Waals surface area contributed by atoms with Crippen LogP contribution in [0.15, 0.2) is 51.9 Å². The van der Waals surface area contributed by atoms with Crippen LogP contribution < -0.4 is 4.72 Å². The van der Waals surface area contributed by atoms with Gasteiger partial charge in [0.05, 0.1) is 10.4 Å². The topological polar surface area (TPSA) is 72.2 Å². The molecule has 0 aliphatic carbocycles. The molecule has 1 aromatic heterocycles.